The van der Waals surface area contributed by atoms with Gasteiger partial charge in [-0.3, -0.25) is 0 Å². The van der Waals surface area contributed by atoms with Crippen molar-refractivity contribution in [2.45, 2.75) is 6.54 Å². The molecule has 1 aliphatic heterocycles. The van der Waals surface area contributed by atoms with Crippen LogP contribution >= 0.6 is 0 Å². The minimum absolute atomic E-state index is 0.0448. The molecule has 0 bridgehead atoms. The van der Waals surface area contributed by atoms with E-state index < -0.39 is 0 Å². The number of phenols is 1. The second-order valence-electron chi connectivity index (χ2n) is 3.44. The zero-order valence-electron chi connectivity index (χ0n) is 8.71. The first kappa shape index (κ1) is 9.91. The molecular weight excluding hydrogens is 226 g/mol. The smallest absolute Gasteiger partial charge is 0.240 e. The number of hydrogen-bond acceptors (Lipinski definition) is 7. The fourth-order valence-electron chi connectivity index (χ4n) is 1.61. The molecule has 1 aromatic heterocycles. The lowest BCUT2D eigenvalue weighted by Gasteiger charge is -2.02. The van der Waals surface area contributed by atoms with Crippen LogP contribution in [0.25, 0.3) is 11.4 Å². The maximum absolute atomic E-state index is 9.56. The number of hydrogen-bond donors (Lipinski definition) is 2. The number of nitrogens with two attached hydrogens (primary N) is 1. The van der Waals surface area contributed by atoms with Crippen molar-refractivity contribution in [3.8, 4) is 28.6 Å². The van der Waals surface area contributed by atoms with E-state index in [1.165, 1.54) is 12.1 Å². The molecule has 0 unspecified atom stereocenters. The van der Waals surface area contributed by atoms with Crippen molar-refractivity contribution in [1.29, 1.82) is 0 Å². The van der Waals surface area contributed by atoms with Crippen LogP contribution < -0.4 is 15.2 Å². The molecular formula is C10H9N3O4. The fourth-order valence-corrected chi connectivity index (χ4v) is 1.61. The predicted octanol–water partition coefficient (Wildman–Crippen LogP) is 0.630. The number of aromatic nitrogens is 2. The van der Waals surface area contributed by atoms with E-state index in [0.717, 1.165) is 0 Å². The average Bonchev–Trinajstić information content (AvgIpc) is 2.95. The Morgan fingerprint density at radius 2 is 2.24 bits per heavy atom. The lowest BCUT2D eigenvalue weighted by molar-refractivity contribution is 0.174. The number of benzene rings is 1. The zero-order valence-corrected chi connectivity index (χ0v) is 8.71. The standard InChI is InChI=1S/C10H9N3O4/c11-3-8-12-10(13-17-8)6-1-5(14)2-7-9(6)16-4-15-7/h1-2,14H,3-4,11H2. The molecule has 0 aliphatic carbocycles. The Labute approximate surface area is 95.8 Å². The van der Waals surface area contributed by atoms with Gasteiger partial charge in [0.25, 0.3) is 0 Å². The van der Waals surface area contributed by atoms with E-state index in [0.29, 0.717) is 28.8 Å². The molecule has 7 heteroatoms. The second-order valence-corrected chi connectivity index (χ2v) is 3.44. The van der Waals surface area contributed by atoms with Crippen molar-refractivity contribution in [2.24, 2.45) is 5.73 Å². The van der Waals surface area contributed by atoms with Gasteiger partial charge in [0.2, 0.25) is 18.5 Å². The Kier molecular flexibility index (Phi) is 2.12. The molecule has 2 aromatic rings. The lowest BCUT2D eigenvalue weighted by Crippen LogP contribution is -1.96. The Hall–Kier alpha value is -2.28. The van der Waals surface area contributed by atoms with Gasteiger partial charge in [-0.25, -0.2) is 0 Å². The Bertz CT molecular complexity index is 567. The zero-order chi connectivity index (χ0) is 11.8. The topological polar surface area (TPSA) is 104 Å². The van der Waals surface area contributed by atoms with Crippen LogP contribution in [0.2, 0.25) is 0 Å². The van der Waals surface area contributed by atoms with Crippen molar-refractivity contribution >= 4 is 0 Å². The van der Waals surface area contributed by atoms with E-state index in [2.05, 4.69) is 10.1 Å². The van der Waals surface area contributed by atoms with Gasteiger partial charge in [0, 0.05) is 6.07 Å². The largest absolute Gasteiger partial charge is 0.508 e. The molecule has 17 heavy (non-hydrogen) atoms. The number of aromatic hydroxyl groups is 1. The van der Waals surface area contributed by atoms with Crippen molar-refractivity contribution in [1.82, 2.24) is 10.1 Å². The molecule has 0 atom stereocenters. The molecule has 7 nitrogen and oxygen atoms in total. The highest BCUT2D eigenvalue weighted by atomic mass is 16.7. The molecule has 0 saturated heterocycles. The minimum Gasteiger partial charge on any atom is -0.508 e. The van der Waals surface area contributed by atoms with E-state index in [-0.39, 0.29) is 19.1 Å². The van der Waals surface area contributed by atoms with Crippen molar-refractivity contribution in [3.63, 3.8) is 0 Å². The molecule has 1 aliphatic rings. The quantitative estimate of drug-likeness (QED) is 0.786. The van der Waals surface area contributed by atoms with Crippen molar-refractivity contribution in [3.05, 3.63) is 18.0 Å². The summed E-state index contributed by atoms with van der Waals surface area (Å²) in [6.45, 7) is 0.263. The summed E-state index contributed by atoms with van der Waals surface area (Å²) in [7, 11) is 0. The first-order valence-electron chi connectivity index (χ1n) is 4.93. The first-order valence-corrected chi connectivity index (χ1v) is 4.93. The van der Waals surface area contributed by atoms with Crippen LogP contribution in [-0.4, -0.2) is 22.0 Å². The summed E-state index contributed by atoms with van der Waals surface area (Å²) in [5, 5.41) is 13.3. The maximum Gasteiger partial charge on any atom is 0.240 e. The molecule has 1 aromatic carbocycles. The SMILES string of the molecule is NCc1nc(-c2cc(O)cc3c2OCO3)no1. The van der Waals surface area contributed by atoms with Crippen molar-refractivity contribution in [2.75, 3.05) is 6.79 Å². The highest BCUT2D eigenvalue weighted by Gasteiger charge is 2.23. The summed E-state index contributed by atoms with van der Waals surface area (Å²) in [5.74, 6) is 1.62. The number of rotatable bonds is 2. The molecule has 0 amide bonds. The van der Waals surface area contributed by atoms with Gasteiger partial charge in [-0.15, -0.1) is 0 Å². The summed E-state index contributed by atoms with van der Waals surface area (Å²) in [6.07, 6.45) is 0. The molecule has 0 saturated carbocycles. The van der Waals surface area contributed by atoms with Crippen molar-refractivity contribution < 1.29 is 19.1 Å². The van der Waals surface area contributed by atoms with Crippen LogP contribution in [0.4, 0.5) is 0 Å². The van der Waals surface area contributed by atoms with E-state index in [4.69, 9.17) is 19.7 Å². The number of fused-ring (bicyclic) bond motifs is 1. The molecule has 3 rings (SSSR count). The second kappa shape index (κ2) is 3.63. The van der Waals surface area contributed by atoms with Gasteiger partial charge in [0.05, 0.1) is 12.1 Å². The summed E-state index contributed by atoms with van der Waals surface area (Å²) in [5.41, 5.74) is 5.90. The number of ether oxygens (including phenoxy) is 2. The molecule has 0 fully saturated rings. The summed E-state index contributed by atoms with van der Waals surface area (Å²) in [6, 6.07) is 2.95. The van der Waals surface area contributed by atoms with Gasteiger partial charge >= 0.3 is 0 Å². The molecule has 2 heterocycles. The Morgan fingerprint density at radius 1 is 1.35 bits per heavy atom. The van der Waals surface area contributed by atoms with E-state index in [1.807, 2.05) is 0 Å². The van der Waals surface area contributed by atoms with Gasteiger partial charge in [0.15, 0.2) is 11.5 Å². The normalized spacial score (nSPS) is 13.0. The highest BCUT2D eigenvalue weighted by Crippen LogP contribution is 2.43. The Balaban J connectivity index is 2.13. The van der Waals surface area contributed by atoms with Gasteiger partial charge in [-0.2, -0.15) is 4.98 Å². The van der Waals surface area contributed by atoms with E-state index >= 15 is 0 Å². The van der Waals surface area contributed by atoms with Crippen LogP contribution in [0, 0.1) is 0 Å². The average molecular weight is 235 g/mol. The van der Waals surface area contributed by atoms with Crippen LogP contribution in [0.1, 0.15) is 5.89 Å². The van der Waals surface area contributed by atoms with E-state index in [1.54, 1.807) is 0 Å². The van der Waals surface area contributed by atoms with Crippen LogP contribution in [0.5, 0.6) is 17.2 Å². The molecule has 0 radical (unpaired) electrons. The highest BCUT2D eigenvalue weighted by molar-refractivity contribution is 5.71. The van der Waals surface area contributed by atoms with Gasteiger partial charge < -0.3 is 24.8 Å². The third-order valence-corrected chi connectivity index (χ3v) is 2.34. The molecule has 0 spiro atoms. The third-order valence-electron chi connectivity index (χ3n) is 2.34. The van der Waals surface area contributed by atoms with Crippen LogP contribution in [0.15, 0.2) is 16.7 Å². The van der Waals surface area contributed by atoms with Crippen LogP contribution in [-0.2, 0) is 6.54 Å². The fraction of sp³-hybridized carbons (Fsp3) is 0.200. The summed E-state index contributed by atoms with van der Waals surface area (Å²) in [4.78, 5) is 4.07. The third kappa shape index (κ3) is 1.56. The van der Waals surface area contributed by atoms with E-state index in [9.17, 15) is 5.11 Å². The lowest BCUT2D eigenvalue weighted by atomic mass is 10.1. The first-order chi connectivity index (χ1) is 8.28. The van der Waals surface area contributed by atoms with Gasteiger partial charge in [-0.1, -0.05) is 5.16 Å². The Morgan fingerprint density at radius 3 is 3.00 bits per heavy atom. The number of nitrogens with zero attached hydrogens (tertiary/aromatic N) is 2. The van der Waals surface area contributed by atoms with Crippen LogP contribution in [0.3, 0.4) is 0 Å². The maximum atomic E-state index is 9.56. The molecule has 3 N–H and O–H groups in total. The minimum atomic E-state index is 0.0448. The molecule has 88 valence electrons. The predicted molar refractivity (Wildman–Crippen MR) is 55.4 cm³/mol. The summed E-state index contributed by atoms with van der Waals surface area (Å²) < 4.78 is 15.4. The van der Waals surface area contributed by atoms with Gasteiger partial charge in [0.1, 0.15) is 5.75 Å². The number of phenolic OH excluding ortho intramolecular Hbond substituents is 1. The monoisotopic (exact) mass is 235 g/mol. The summed E-state index contributed by atoms with van der Waals surface area (Å²) >= 11 is 0. The van der Waals surface area contributed by atoms with Gasteiger partial charge in [-0.05, 0) is 6.07 Å².